The van der Waals surface area contributed by atoms with E-state index in [1.165, 1.54) is 167 Å². The zero-order chi connectivity index (χ0) is 29.8. The molecule has 0 atom stereocenters. The number of hydrogen-bond acceptors (Lipinski definition) is 5. The van der Waals surface area contributed by atoms with Crippen molar-refractivity contribution in [3.63, 3.8) is 0 Å². The van der Waals surface area contributed by atoms with Gasteiger partial charge in [-0.3, -0.25) is 0 Å². The Hall–Kier alpha value is -0.568. The van der Waals surface area contributed by atoms with Gasteiger partial charge < -0.3 is 25.3 Å². The molecule has 5 nitrogen and oxygen atoms in total. The first-order valence-corrected chi connectivity index (χ1v) is 17.9. The van der Waals surface area contributed by atoms with Gasteiger partial charge in [-0.15, -0.1) is 0 Å². The standard InChI is InChI=1S/2C18H36O2.Al.H2O/c2*1-2-3-4-5-6-7-8-9-10-11-12-13-14-15-16-17-18(19)20;;/h2*2-17H2,1H3,(H,19,20);;1H2/q;;+3;/p-3. The van der Waals surface area contributed by atoms with Gasteiger partial charge in [0.2, 0.25) is 0 Å². The fourth-order valence-corrected chi connectivity index (χ4v) is 5.28. The second-order valence-corrected chi connectivity index (χ2v) is 12.1. The summed E-state index contributed by atoms with van der Waals surface area (Å²) in [6.45, 7) is 4.53. The van der Waals surface area contributed by atoms with Crippen LogP contribution < -0.4 is 10.2 Å². The first kappa shape index (κ1) is 48.3. The molecule has 0 bridgehead atoms. The maximum atomic E-state index is 10.2. The van der Waals surface area contributed by atoms with Crippen molar-refractivity contribution in [2.45, 2.75) is 219 Å². The topological polar surface area (TPSA) is 110 Å². The second kappa shape index (κ2) is 44.9. The zero-order valence-corrected chi connectivity index (χ0v) is 29.4. The third-order valence-electron chi connectivity index (χ3n) is 7.97. The molecular formula is C36H71AlO5. The quantitative estimate of drug-likeness (QED) is 0.0556. The van der Waals surface area contributed by atoms with Crippen LogP contribution in [0, 0.1) is 0 Å². The van der Waals surface area contributed by atoms with Gasteiger partial charge in [-0.1, -0.05) is 194 Å². The number of aliphatic carboxylic acids is 2. The minimum atomic E-state index is -0.903. The van der Waals surface area contributed by atoms with Crippen molar-refractivity contribution >= 4 is 29.3 Å². The summed E-state index contributed by atoms with van der Waals surface area (Å²) >= 11 is 0. The van der Waals surface area contributed by atoms with E-state index in [0.29, 0.717) is 0 Å². The van der Waals surface area contributed by atoms with E-state index < -0.39 is 11.9 Å². The largest absolute Gasteiger partial charge is 3.00 e. The molecule has 0 radical (unpaired) electrons. The summed E-state index contributed by atoms with van der Waals surface area (Å²) in [5.74, 6) is -1.81. The molecule has 6 heteroatoms. The summed E-state index contributed by atoms with van der Waals surface area (Å²) < 4.78 is 0. The summed E-state index contributed by atoms with van der Waals surface area (Å²) in [6.07, 6.45) is 39.7. The van der Waals surface area contributed by atoms with Crippen molar-refractivity contribution in [1.29, 1.82) is 0 Å². The Morgan fingerprint density at radius 2 is 0.476 bits per heavy atom. The van der Waals surface area contributed by atoms with Crippen LogP contribution in [0.2, 0.25) is 0 Å². The number of carboxylic acid groups (broad SMARTS) is 2. The Kier molecular flexibility index (Phi) is 51.6. The number of unbranched alkanes of at least 4 members (excludes halogenated alkanes) is 28. The molecule has 0 aromatic carbocycles. The minimum absolute atomic E-state index is 0. The molecule has 0 aromatic heterocycles. The molecule has 248 valence electrons. The SMILES string of the molecule is CCCCCCCCCCCCCCCCCC(=O)[O-].CCCCCCCCCCCCCCCCCC(=O)[O-].[Al+3].[OH-]. The smallest absolute Gasteiger partial charge is 0.870 e. The molecule has 0 spiro atoms. The maximum absolute atomic E-state index is 10.2. The summed E-state index contributed by atoms with van der Waals surface area (Å²) in [5.41, 5.74) is 0. The van der Waals surface area contributed by atoms with Gasteiger partial charge in [0.1, 0.15) is 0 Å². The van der Waals surface area contributed by atoms with Crippen LogP contribution in [-0.4, -0.2) is 34.8 Å². The van der Waals surface area contributed by atoms with Gasteiger partial charge in [0.05, 0.1) is 0 Å². The summed E-state index contributed by atoms with van der Waals surface area (Å²) in [5, 5.41) is 20.4. The Morgan fingerprint density at radius 3 is 0.619 bits per heavy atom. The second-order valence-electron chi connectivity index (χ2n) is 12.1. The summed E-state index contributed by atoms with van der Waals surface area (Å²) in [4.78, 5) is 20.4. The van der Waals surface area contributed by atoms with Gasteiger partial charge >= 0.3 is 17.4 Å². The molecule has 1 N–H and O–H groups in total. The average Bonchev–Trinajstić information content (AvgIpc) is 2.93. The van der Waals surface area contributed by atoms with Crippen LogP contribution in [0.3, 0.4) is 0 Å². The Labute approximate surface area is 273 Å². The van der Waals surface area contributed by atoms with Crippen molar-refractivity contribution in [3.05, 3.63) is 0 Å². The molecule has 0 aliphatic rings. The predicted octanol–water partition coefficient (Wildman–Crippen LogP) is 9.44. The first-order chi connectivity index (χ1) is 19.5. The summed E-state index contributed by atoms with van der Waals surface area (Å²) in [7, 11) is 0. The minimum Gasteiger partial charge on any atom is -0.870 e. The van der Waals surface area contributed by atoms with E-state index in [1.54, 1.807) is 0 Å². The molecule has 0 amide bonds. The van der Waals surface area contributed by atoms with Crippen LogP contribution in [0.5, 0.6) is 0 Å². The van der Waals surface area contributed by atoms with Crippen LogP contribution in [0.15, 0.2) is 0 Å². The van der Waals surface area contributed by atoms with Gasteiger partial charge in [0.25, 0.3) is 0 Å². The van der Waals surface area contributed by atoms with Gasteiger partial charge in [-0.2, -0.15) is 0 Å². The molecule has 42 heavy (non-hydrogen) atoms. The Balaban J connectivity index is -0.000000328. The van der Waals surface area contributed by atoms with E-state index in [9.17, 15) is 19.8 Å². The first-order valence-electron chi connectivity index (χ1n) is 17.9. The molecule has 0 saturated heterocycles. The van der Waals surface area contributed by atoms with E-state index in [2.05, 4.69) is 13.8 Å². The van der Waals surface area contributed by atoms with E-state index in [0.717, 1.165) is 25.7 Å². The molecule has 0 rings (SSSR count). The van der Waals surface area contributed by atoms with Gasteiger partial charge in [0, 0.05) is 11.9 Å². The normalized spacial score (nSPS) is 10.3. The van der Waals surface area contributed by atoms with Gasteiger partial charge in [-0.05, 0) is 25.7 Å². The van der Waals surface area contributed by atoms with Crippen LogP contribution in [0.1, 0.15) is 219 Å². The zero-order valence-electron chi connectivity index (χ0n) is 28.3. The number of carboxylic acids is 2. The van der Waals surface area contributed by atoms with Crippen molar-refractivity contribution in [3.8, 4) is 0 Å². The van der Waals surface area contributed by atoms with Crippen molar-refractivity contribution < 1.29 is 25.3 Å². The van der Waals surface area contributed by atoms with E-state index in [-0.39, 0.29) is 35.7 Å². The number of carbonyl (C=O) groups is 2. The fourth-order valence-electron chi connectivity index (χ4n) is 5.28. The van der Waals surface area contributed by atoms with Crippen LogP contribution in [-0.2, 0) is 9.59 Å². The number of rotatable bonds is 32. The number of carbonyl (C=O) groups excluding carboxylic acids is 2. The van der Waals surface area contributed by atoms with Crippen molar-refractivity contribution in [2.24, 2.45) is 0 Å². The molecule has 0 unspecified atom stereocenters. The summed E-state index contributed by atoms with van der Waals surface area (Å²) in [6, 6.07) is 0. The van der Waals surface area contributed by atoms with Crippen LogP contribution >= 0.6 is 0 Å². The van der Waals surface area contributed by atoms with Gasteiger partial charge in [-0.25, -0.2) is 0 Å². The fraction of sp³-hybridized carbons (Fsp3) is 0.944. The molecular weight excluding hydrogens is 539 g/mol. The van der Waals surface area contributed by atoms with E-state index in [4.69, 9.17) is 0 Å². The average molecular weight is 611 g/mol. The Bertz CT molecular complexity index is 457. The molecule has 0 saturated carbocycles. The monoisotopic (exact) mass is 611 g/mol. The molecule has 0 aromatic rings. The Morgan fingerprint density at radius 1 is 0.333 bits per heavy atom. The van der Waals surface area contributed by atoms with Crippen LogP contribution in [0.4, 0.5) is 0 Å². The molecule has 0 heterocycles. The predicted molar refractivity (Wildman–Crippen MR) is 177 cm³/mol. The maximum Gasteiger partial charge on any atom is 3.00 e. The van der Waals surface area contributed by atoms with Gasteiger partial charge in [0.15, 0.2) is 0 Å². The van der Waals surface area contributed by atoms with Crippen LogP contribution in [0.25, 0.3) is 0 Å². The number of hydrogen-bond donors (Lipinski definition) is 0. The molecule has 0 aliphatic heterocycles. The van der Waals surface area contributed by atoms with E-state index >= 15 is 0 Å². The third-order valence-corrected chi connectivity index (χ3v) is 7.97. The van der Waals surface area contributed by atoms with Crippen molar-refractivity contribution in [1.82, 2.24) is 0 Å². The molecule has 0 aliphatic carbocycles. The third kappa shape index (κ3) is 52.1. The van der Waals surface area contributed by atoms with E-state index in [1.807, 2.05) is 0 Å². The molecule has 0 fully saturated rings. The van der Waals surface area contributed by atoms with Crippen molar-refractivity contribution in [2.75, 3.05) is 0 Å².